The molecule has 0 amide bonds. The first-order chi connectivity index (χ1) is 9.78. The molecule has 2 N–H and O–H groups in total. The van der Waals surface area contributed by atoms with Gasteiger partial charge in [-0.05, 0) is 43.4 Å². The SMILES string of the molecule is Cc1c(F)cc(CN)cc1S(=O)(=O)N1CCCC1C(C)C. The highest BCUT2D eigenvalue weighted by Crippen LogP contribution is 2.32. The monoisotopic (exact) mass is 314 g/mol. The van der Waals surface area contributed by atoms with E-state index in [9.17, 15) is 12.8 Å². The lowest BCUT2D eigenvalue weighted by atomic mass is 10.0. The molecule has 0 saturated carbocycles. The van der Waals surface area contributed by atoms with E-state index in [-0.39, 0.29) is 29.0 Å². The first kappa shape index (κ1) is 16.4. The molecule has 0 aliphatic carbocycles. The summed E-state index contributed by atoms with van der Waals surface area (Å²) in [5, 5.41) is 0. The molecule has 1 aromatic carbocycles. The molecule has 21 heavy (non-hydrogen) atoms. The van der Waals surface area contributed by atoms with Crippen molar-refractivity contribution in [3.05, 3.63) is 29.1 Å². The highest BCUT2D eigenvalue weighted by atomic mass is 32.2. The molecule has 2 rings (SSSR count). The van der Waals surface area contributed by atoms with Crippen LogP contribution in [-0.2, 0) is 16.6 Å². The number of rotatable bonds is 4. The predicted octanol–water partition coefficient (Wildman–Crippen LogP) is 2.40. The summed E-state index contributed by atoms with van der Waals surface area (Å²) in [6.07, 6.45) is 1.70. The van der Waals surface area contributed by atoms with Gasteiger partial charge in [-0.2, -0.15) is 4.31 Å². The van der Waals surface area contributed by atoms with Gasteiger partial charge >= 0.3 is 0 Å². The lowest BCUT2D eigenvalue weighted by Gasteiger charge is -2.27. The van der Waals surface area contributed by atoms with Crippen molar-refractivity contribution >= 4 is 10.0 Å². The second-order valence-corrected chi connectivity index (χ2v) is 7.83. The number of benzene rings is 1. The van der Waals surface area contributed by atoms with Crippen molar-refractivity contribution in [1.29, 1.82) is 0 Å². The zero-order valence-corrected chi connectivity index (χ0v) is 13.6. The van der Waals surface area contributed by atoms with Crippen LogP contribution >= 0.6 is 0 Å². The molecule has 0 spiro atoms. The van der Waals surface area contributed by atoms with Crippen molar-refractivity contribution in [2.45, 2.75) is 51.1 Å². The average Bonchev–Trinajstić information content (AvgIpc) is 2.91. The molecule has 1 aliphatic heterocycles. The van der Waals surface area contributed by atoms with E-state index in [0.717, 1.165) is 12.8 Å². The van der Waals surface area contributed by atoms with Crippen LogP contribution in [0, 0.1) is 18.7 Å². The molecule has 4 nitrogen and oxygen atoms in total. The molecule has 6 heteroatoms. The van der Waals surface area contributed by atoms with Crippen LogP contribution in [0.5, 0.6) is 0 Å². The van der Waals surface area contributed by atoms with Crippen molar-refractivity contribution in [3.63, 3.8) is 0 Å². The van der Waals surface area contributed by atoms with E-state index >= 15 is 0 Å². The topological polar surface area (TPSA) is 63.4 Å². The minimum atomic E-state index is -3.68. The normalized spacial score (nSPS) is 20.4. The molecule has 1 unspecified atom stereocenters. The molecule has 1 fully saturated rings. The number of hydrogen-bond donors (Lipinski definition) is 1. The Labute approximate surface area is 126 Å². The lowest BCUT2D eigenvalue weighted by Crippen LogP contribution is -2.38. The van der Waals surface area contributed by atoms with E-state index in [4.69, 9.17) is 5.73 Å². The van der Waals surface area contributed by atoms with E-state index < -0.39 is 15.8 Å². The maximum atomic E-state index is 14.0. The van der Waals surface area contributed by atoms with Gasteiger partial charge in [0.25, 0.3) is 0 Å². The van der Waals surface area contributed by atoms with Gasteiger partial charge in [-0.25, -0.2) is 12.8 Å². The summed E-state index contributed by atoms with van der Waals surface area (Å²) in [6, 6.07) is 2.79. The maximum absolute atomic E-state index is 14.0. The van der Waals surface area contributed by atoms with Gasteiger partial charge in [0.1, 0.15) is 5.82 Å². The maximum Gasteiger partial charge on any atom is 0.243 e. The van der Waals surface area contributed by atoms with E-state index in [2.05, 4.69) is 0 Å². The first-order valence-electron chi connectivity index (χ1n) is 7.30. The summed E-state index contributed by atoms with van der Waals surface area (Å²) >= 11 is 0. The molecule has 118 valence electrons. The van der Waals surface area contributed by atoms with Gasteiger partial charge in [-0.3, -0.25) is 0 Å². The molecule has 0 bridgehead atoms. The number of hydrogen-bond acceptors (Lipinski definition) is 3. The zero-order valence-electron chi connectivity index (χ0n) is 12.8. The van der Waals surface area contributed by atoms with Gasteiger partial charge in [0.05, 0.1) is 4.90 Å². The van der Waals surface area contributed by atoms with Crippen LogP contribution in [0.15, 0.2) is 17.0 Å². The molecule has 0 aromatic heterocycles. The Bertz CT molecular complexity index is 629. The average molecular weight is 314 g/mol. The molecule has 1 heterocycles. The molecular weight excluding hydrogens is 291 g/mol. The van der Waals surface area contributed by atoms with Crippen molar-refractivity contribution in [2.75, 3.05) is 6.54 Å². The van der Waals surface area contributed by atoms with Gasteiger partial charge < -0.3 is 5.73 Å². The molecule has 1 atom stereocenters. The van der Waals surface area contributed by atoms with Crippen molar-refractivity contribution in [1.82, 2.24) is 4.31 Å². The van der Waals surface area contributed by atoms with Gasteiger partial charge in [0.15, 0.2) is 0 Å². The van der Waals surface area contributed by atoms with Crippen LogP contribution < -0.4 is 5.73 Å². The summed E-state index contributed by atoms with van der Waals surface area (Å²) in [5.41, 5.74) is 6.20. The van der Waals surface area contributed by atoms with Crippen molar-refractivity contribution in [2.24, 2.45) is 11.7 Å². The molecule has 1 aromatic rings. The molecule has 1 aliphatic rings. The van der Waals surface area contributed by atoms with Crippen LogP contribution in [0.1, 0.15) is 37.8 Å². The van der Waals surface area contributed by atoms with Crippen LogP contribution in [0.4, 0.5) is 4.39 Å². The van der Waals surface area contributed by atoms with Crippen LogP contribution in [-0.4, -0.2) is 25.3 Å². The van der Waals surface area contributed by atoms with Gasteiger partial charge in [-0.15, -0.1) is 0 Å². The number of nitrogens with two attached hydrogens (primary N) is 1. The van der Waals surface area contributed by atoms with Crippen molar-refractivity contribution < 1.29 is 12.8 Å². The quantitative estimate of drug-likeness (QED) is 0.928. The zero-order chi connectivity index (χ0) is 15.8. The highest BCUT2D eigenvalue weighted by molar-refractivity contribution is 7.89. The Kier molecular flexibility index (Phi) is 4.70. The lowest BCUT2D eigenvalue weighted by molar-refractivity contribution is 0.315. The summed E-state index contributed by atoms with van der Waals surface area (Å²) in [6.45, 7) is 6.15. The van der Waals surface area contributed by atoms with E-state index in [1.165, 1.54) is 23.4 Å². The Morgan fingerprint density at radius 3 is 2.67 bits per heavy atom. The second-order valence-electron chi connectivity index (χ2n) is 5.97. The van der Waals surface area contributed by atoms with Gasteiger partial charge in [0, 0.05) is 24.7 Å². The number of sulfonamides is 1. The minimum Gasteiger partial charge on any atom is -0.326 e. The third-order valence-corrected chi connectivity index (χ3v) is 6.25. The Hall–Kier alpha value is -0.980. The summed E-state index contributed by atoms with van der Waals surface area (Å²) in [7, 11) is -3.68. The standard InChI is InChI=1S/C15H23FN2O2S/c1-10(2)14-5-4-6-18(14)21(19,20)15-8-12(9-17)7-13(16)11(15)3/h7-8,10,14H,4-6,9,17H2,1-3H3. The largest absolute Gasteiger partial charge is 0.326 e. The summed E-state index contributed by atoms with van der Waals surface area (Å²) in [5.74, 6) is -0.276. The van der Waals surface area contributed by atoms with E-state index in [0.29, 0.717) is 12.1 Å². The minimum absolute atomic E-state index is 0.0148. The van der Waals surface area contributed by atoms with Crippen LogP contribution in [0.3, 0.4) is 0 Å². The number of halogens is 1. The van der Waals surface area contributed by atoms with E-state index in [1.807, 2.05) is 13.8 Å². The van der Waals surface area contributed by atoms with Crippen molar-refractivity contribution in [3.8, 4) is 0 Å². The molecule has 1 saturated heterocycles. The predicted molar refractivity (Wildman–Crippen MR) is 80.8 cm³/mol. The first-order valence-corrected chi connectivity index (χ1v) is 8.74. The highest BCUT2D eigenvalue weighted by Gasteiger charge is 2.37. The smallest absolute Gasteiger partial charge is 0.243 e. The van der Waals surface area contributed by atoms with Crippen LogP contribution in [0.25, 0.3) is 0 Å². The fourth-order valence-corrected chi connectivity index (χ4v) is 5.06. The van der Waals surface area contributed by atoms with E-state index in [1.54, 1.807) is 0 Å². The second kappa shape index (κ2) is 6.02. The van der Waals surface area contributed by atoms with Gasteiger partial charge in [-0.1, -0.05) is 13.8 Å². The fraction of sp³-hybridized carbons (Fsp3) is 0.600. The number of nitrogens with zero attached hydrogens (tertiary/aromatic N) is 1. The Morgan fingerprint density at radius 2 is 2.10 bits per heavy atom. The van der Waals surface area contributed by atoms with Crippen LogP contribution in [0.2, 0.25) is 0 Å². The fourth-order valence-electron chi connectivity index (χ4n) is 2.95. The van der Waals surface area contributed by atoms with Gasteiger partial charge in [0.2, 0.25) is 10.0 Å². The third kappa shape index (κ3) is 2.98. The Balaban J connectivity index is 2.51. The Morgan fingerprint density at radius 1 is 1.43 bits per heavy atom. The molecular formula is C15H23FN2O2S. The summed E-state index contributed by atoms with van der Waals surface area (Å²) in [4.78, 5) is 0.0514. The third-order valence-electron chi connectivity index (χ3n) is 4.20. The summed E-state index contributed by atoms with van der Waals surface area (Å²) < 4.78 is 41.3. The molecule has 0 radical (unpaired) electrons.